The highest BCUT2D eigenvalue weighted by Gasteiger charge is 2.21. The minimum absolute atomic E-state index is 0.299. The number of anilines is 1. The van der Waals surface area contributed by atoms with Gasteiger partial charge in [-0.1, -0.05) is 13.3 Å². The van der Waals surface area contributed by atoms with Gasteiger partial charge in [-0.2, -0.15) is 0 Å². The lowest BCUT2D eigenvalue weighted by Crippen LogP contribution is -2.24. The molecule has 0 amide bonds. The van der Waals surface area contributed by atoms with Crippen LogP contribution in [-0.4, -0.2) is 13.2 Å². The number of rotatable bonds is 3. The number of hydrogen-bond donors (Lipinski definition) is 1. The van der Waals surface area contributed by atoms with Gasteiger partial charge in [0.1, 0.15) is 11.5 Å². The Labute approximate surface area is 103 Å². The highest BCUT2D eigenvalue weighted by atomic mass is 16.5. The van der Waals surface area contributed by atoms with Gasteiger partial charge in [0.2, 0.25) is 0 Å². The maximum absolute atomic E-state index is 5.99. The molecule has 1 fully saturated rings. The molecule has 3 nitrogen and oxygen atoms in total. The average Bonchev–Trinajstić information content (AvgIpc) is 2.32. The van der Waals surface area contributed by atoms with Crippen LogP contribution in [0.15, 0.2) is 18.2 Å². The molecule has 0 aliphatic heterocycles. The molecule has 0 spiro atoms. The van der Waals surface area contributed by atoms with E-state index in [1.165, 1.54) is 12.8 Å². The summed E-state index contributed by atoms with van der Waals surface area (Å²) in [5.41, 5.74) is 6.60. The van der Waals surface area contributed by atoms with Gasteiger partial charge in [0.05, 0.1) is 18.9 Å². The van der Waals surface area contributed by atoms with Crippen LogP contribution in [0.4, 0.5) is 5.69 Å². The zero-order valence-electron chi connectivity index (χ0n) is 10.6. The molecule has 0 aromatic heterocycles. The molecule has 1 aliphatic rings. The van der Waals surface area contributed by atoms with Crippen molar-refractivity contribution in [3.63, 3.8) is 0 Å². The summed E-state index contributed by atoms with van der Waals surface area (Å²) in [5, 5.41) is 0. The summed E-state index contributed by atoms with van der Waals surface area (Å²) in [6.45, 7) is 2.28. The Hall–Kier alpha value is -1.38. The minimum atomic E-state index is 0.299. The molecule has 1 saturated carbocycles. The second kappa shape index (κ2) is 5.30. The smallest absolute Gasteiger partial charge is 0.146 e. The predicted molar refractivity (Wildman–Crippen MR) is 69.5 cm³/mol. The van der Waals surface area contributed by atoms with Gasteiger partial charge in [-0.15, -0.1) is 0 Å². The molecule has 1 aromatic rings. The minimum Gasteiger partial charge on any atom is -0.497 e. The number of benzene rings is 1. The second-order valence-corrected chi connectivity index (χ2v) is 4.92. The van der Waals surface area contributed by atoms with Crippen molar-refractivity contribution in [1.82, 2.24) is 0 Å². The van der Waals surface area contributed by atoms with Gasteiger partial charge in [0.15, 0.2) is 0 Å². The van der Waals surface area contributed by atoms with Gasteiger partial charge >= 0.3 is 0 Å². The third kappa shape index (κ3) is 3.05. The summed E-state index contributed by atoms with van der Waals surface area (Å²) in [4.78, 5) is 0. The molecule has 3 heteroatoms. The molecule has 0 heterocycles. The number of hydrogen-bond acceptors (Lipinski definition) is 3. The number of nitrogens with two attached hydrogens (primary N) is 1. The maximum atomic E-state index is 5.99. The van der Waals surface area contributed by atoms with Crippen LogP contribution in [0.1, 0.15) is 32.6 Å². The Balaban J connectivity index is 2.06. The fourth-order valence-electron chi connectivity index (χ4n) is 2.41. The van der Waals surface area contributed by atoms with Crippen molar-refractivity contribution in [1.29, 1.82) is 0 Å². The average molecular weight is 235 g/mol. The first-order chi connectivity index (χ1) is 8.19. The van der Waals surface area contributed by atoms with E-state index in [0.29, 0.717) is 11.8 Å². The summed E-state index contributed by atoms with van der Waals surface area (Å²) in [5.74, 6) is 2.29. The number of nitrogen functional groups attached to an aromatic ring is 1. The van der Waals surface area contributed by atoms with E-state index in [0.717, 1.165) is 30.3 Å². The lowest BCUT2D eigenvalue weighted by molar-refractivity contribution is 0.129. The molecule has 2 rings (SSSR count). The normalized spacial score (nSPS) is 24.4. The predicted octanol–water partition coefficient (Wildman–Crippen LogP) is 3.23. The zero-order valence-corrected chi connectivity index (χ0v) is 10.6. The summed E-state index contributed by atoms with van der Waals surface area (Å²) in [6.07, 6.45) is 5.11. The van der Waals surface area contributed by atoms with E-state index in [9.17, 15) is 0 Å². The molecule has 1 aliphatic carbocycles. The van der Waals surface area contributed by atoms with Gasteiger partial charge in [-0.3, -0.25) is 0 Å². The highest BCUT2D eigenvalue weighted by Crippen LogP contribution is 2.32. The van der Waals surface area contributed by atoms with Crippen LogP contribution in [0, 0.1) is 5.92 Å². The van der Waals surface area contributed by atoms with Crippen LogP contribution in [-0.2, 0) is 0 Å². The molecule has 0 saturated heterocycles. The van der Waals surface area contributed by atoms with Crippen molar-refractivity contribution >= 4 is 5.69 Å². The van der Waals surface area contributed by atoms with Crippen molar-refractivity contribution in [2.75, 3.05) is 12.8 Å². The molecular weight excluding hydrogens is 214 g/mol. The van der Waals surface area contributed by atoms with Crippen molar-refractivity contribution in [3.8, 4) is 11.5 Å². The van der Waals surface area contributed by atoms with E-state index in [-0.39, 0.29) is 0 Å². The van der Waals surface area contributed by atoms with Crippen molar-refractivity contribution in [2.24, 2.45) is 5.92 Å². The number of ether oxygens (including phenoxy) is 2. The van der Waals surface area contributed by atoms with E-state index in [4.69, 9.17) is 15.2 Å². The standard InChI is InChI=1S/C14H21NO2/c1-10-4-3-5-12(8-10)17-14-9-11(16-2)6-7-13(14)15/h6-7,9-10,12H,3-5,8,15H2,1-2H3. The van der Waals surface area contributed by atoms with Gasteiger partial charge in [-0.25, -0.2) is 0 Å². The first kappa shape index (κ1) is 12.1. The molecule has 2 atom stereocenters. The van der Waals surface area contributed by atoms with Gasteiger partial charge < -0.3 is 15.2 Å². The van der Waals surface area contributed by atoms with Crippen LogP contribution < -0.4 is 15.2 Å². The first-order valence-corrected chi connectivity index (χ1v) is 6.29. The van der Waals surface area contributed by atoms with E-state index in [1.54, 1.807) is 7.11 Å². The van der Waals surface area contributed by atoms with Crippen LogP contribution >= 0.6 is 0 Å². The second-order valence-electron chi connectivity index (χ2n) is 4.92. The first-order valence-electron chi connectivity index (χ1n) is 6.29. The molecule has 17 heavy (non-hydrogen) atoms. The number of methoxy groups -OCH3 is 1. The SMILES string of the molecule is COc1ccc(N)c(OC2CCCC(C)C2)c1. The lowest BCUT2D eigenvalue weighted by atomic mass is 9.89. The monoisotopic (exact) mass is 235 g/mol. The molecule has 0 radical (unpaired) electrons. The molecule has 2 N–H and O–H groups in total. The quantitative estimate of drug-likeness (QED) is 0.818. The van der Waals surface area contributed by atoms with Crippen LogP contribution in [0.5, 0.6) is 11.5 Å². The molecule has 94 valence electrons. The largest absolute Gasteiger partial charge is 0.497 e. The van der Waals surface area contributed by atoms with Crippen molar-refractivity contribution in [2.45, 2.75) is 38.7 Å². The Morgan fingerprint density at radius 3 is 2.82 bits per heavy atom. The maximum Gasteiger partial charge on any atom is 0.146 e. The summed E-state index contributed by atoms with van der Waals surface area (Å²) in [7, 11) is 1.65. The van der Waals surface area contributed by atoms with Gasteiger partial charge in [0.25, 0.3) is 0 Å². The van der Waals surface area contributed by atoms with Crippen LogP contribution in [0.2, 0.25) is 0 Å². The van der Waals surface area contributed by atoms with Crippen molar-refractivity contribution < 1.29 is 9.47 Å². The topological polar surface area (TPSA) is 44.5 Å². The summed E-state index contributed by atoms with van der Waals surface area (Å²) < 4.78 is 11.2. The van der Waals surface area contributed by atoms with Gasteiger partial charge in [-0.05, 0) is 37.3 Å². The highest BCUT2D eigenvalue weighted by molar-refractivity contribution is 5.55. The Bertz CT molecular complexity index is 378. The van der Waals surface area contributed by atoms with E-state index >= 15 is 0 Å². The van der Waals surface area contributed by atoms with E-state index in [1.807, 2.05) is 18.2 Å². The molecular formula is C14H21NO2. The zero-order chi connectivity index (χ0) is 12.3. The molecule has 0 bridgehead atoms. The van der Waals surface area contributed by atoms with E-state index < -0.39 is 0 Å². The summed E-state index contributed by atoms with van der Waals surface area (Å²) >= 11 is 0. The lowest BCUT2D eigenvalue weighted by Gasteiger charge is -2.27. The van der Waals surface area contributed by atoms with Crippen LogP contribution in [0.3, 0.4) is 0 Å². The summed E-state index contributed by atoms with van der Waals surface area (Å²) in [6, 6.07) is 5.56. The Kier molecular flexibility index (Phi) is 3.77. The molecule has 1 aromatic carbocycles. The fraction of sp³-hybridized carbons (Fsp3) is 0.571. The van der Waals surface area contributed by atoms with Gasteiger partial charge in [0, 0.05) is 6.07 Å². The van der Waals surface area contributed by atoms with E-state index in [2.05, 4.69) is 6.92 Å². The third-order valence-corrected chi connectivity index (χ3v) is 3.40. The Morgan fingerprint density at radius 1 is 1.29 bits per heavy atom. The molecule has 2 unspecified atom stereocenters. The Morgan fingerprint density at radius 2 is 2.12 bits per heavy atom. The fourth-order valence-corrected chi connectivity index (χ4v) is 2.41. The van der Waals surface area contributed by atoms with Crippen LogP contribution in [0.25, 0.3) is 0 Å². The third-order valence-electron chi connectivity index (χ3n) is 3.40. The van der Waals surface area contributed by atoms with Crippen molar-refractivity contribution in [3.05, 3.63) is 18.2 Å².